The monoisotopic (exact) mass is 474 g/mol. The minimum absolute atomic E-state index is 0.0133. The van der Waals surface area contributed by atoms with Crippen molar-refractivity contribution in [1.29, 1.82) is 0 Å². The standard InChI is InChI=1S/C17H16BrClN2O3S2/c1-24-17-12(18)9-11(19)10-15(17)26(22,23)20-8-4-7-16-21-13-5-2-3-6-14(13)25-16/h2-3,5-6,9-10,20H,4,7-8H2,1H3. The number of halogens is 2. The van der Waals surface area contributed by atoms with Crippen molar-refractivity contribution >= 4 is 59.1 Å². The molecule has 1 N–H and O–H groups in total. The second-order valence-corrected chi connectivity index (χ2v) is 9.64. The van der Waals surface area contributed by atoms with Gasteiger partial charge in [0.05, 0.1) is 26.8 Å². The molecule has 0 saturated heterocycles. The third-order valence-electron chi connectivity index (χ3n) is 3.67. The topological polar surface area (TPSA) is 68.3 Å². The summed E-state index contributed by atoms with van der Waals surface area (Å²) in [5.41, 5.74) is 0.974. The number of nitrogens with zero attached hydrogens (tertiary/aromatic N) is 1. The minimum atomic E-state index is -3.73. The van der Waals surface area contributed by atoms with Gasteiger partial charge < -0.3 is 4.74 Å². The molecule has 0 saturated carbocycles. The highest BCUT2D eigenvalue weighted by molar-refractivity contribution is 9.10. The summed E-state index contributed by atoms with van der Waals surface area (Å²) in [4.78, 5) is 4.57. The number of hydrogen-bond acceptors (Lipinski definition) is 5. The number of thiazole rings is 1. The first kappa shape index (κ1) is 19.6. The van der Waals surface area contributed by atoms with Crippen molar-refractivity contribution in [3.05, 3.63) is 50.9 Å². The van der Waals surface area contributed by atoms with Gasteiger partial charge in [-0.15, -0.1) is 11.3 Å². The molecule has 2 aromatic carbocycles. The number of nitrogens with one attached hydrogen (secondary N) is 1. The largest absolute Gasteiger partial charge is 0.494 e. The van der Waals surface area contributed by atoms with Crippen molar-refractivity contribution in [1.82, 2.24) is 9.71 Å². The van der Waals surface area contributed by atoms with Gasteiger partial charge >= 0.3 is 0 Å². The van der Waals surface area contributed by atoms with Crippen LogP contribution in [0.4, 0.5) is 0 Å². The van der Waals surface area contributed by atoms with Crippen molar-refractivity contribution in [2.24, 2.45) is 0 Å². The molecule has 0 radical (unpaired) electrons. The second-order valence-electron chi connectivity index (χ2n) is 5.50. The number of aryl methyl sites for hydroxylation is 1. The molecule has 0 spiro atoms. The summed E-state index contributed by atoms with van der Waals surface area (Å²) in [5, 5.41) is 1.31. The van der Waals surface area contributed by atoms with Gasteiger partial charge in [0.1, 0.15) is 4.90 Å². The van der Waals surface area contributed by atoms with Gasteiger partial charge in [-0.2, -0.15) is 0 Å². The summed E-state index contributed by atoms with van der Waals surface area (Å²) in [6, 6.07) is 10.9. The van der Waals surface area contributed by atoms with Gasteiger partial charge in [-0.1, -0.05) is 23.7 Å². The van der Waals surface area contributed by atoms with E-state index in [1.165, 1.54) is 13.2 Å². The van der Waals surface area contributed by atoms with Gasteiger partial charge in [0, 0.05) is 18.0 Å². The highest BCUT2D eigenvalue weighted by Crippen LogP contribution is 2.35. The second kappa shape index (κ2) is 8.22. The van der Waals surface area contributed by atoms with Crippen LogP contribution in [0.5, 0.6) is 5.75 Å². The van der Waals surface area contributed by atoms with Crippen molar-refractivity contribution in [3.8, 4) is 5.75 Å². The van der Waals surface area contributed by atoms with Crippen LogP contribution in [0.1, 0.15) is 11.4 Å². The maximum Gasteiger partial charge on any atom is 0.244 e. The number of ether oxygens (including phenoxy) is 1. The summed E-state index contributed by atoms with van der Waals surface area (Å²) in [5.74, 6) is 0.230. The zero-order valence-electron chi connectivity index (χ0n) is 13.8. The molecule has 0 aliphatic heterocycles. The molecule has 0 aliphatic carbocycles. The van der Waals surface area contributed by atoms with E-state index in [0.717, 1.165) is 15.2 Å². The van der Waals surface area contributed by atoms with Crippen molar-refractivity contribution < 1.29 is 13.2 Å². The van der Waals surface area contributed by atoms with E-state index in [-0.39, 0.29) is 10.6 Å². The molecule has 0 amide bonds. The Bertz CT molecular complexity index is 1000. The molecule has 0 aliphatic rings. The lowest BCUT2D eigenvalue weighted by Gasteiger charge is -2.12. The van der Waals surface area contributed by atoms with E-state index in [1.54, 1.807) is 17.4 Å². The maximum atomic E-state index is 12.6. The molecule has 9 heteroatoms. The number of fused-ring (bicyclic) bond motifs is 1. The molecular formula is C17H16BrClN2O3S2. The van der Waals surface area contributed by atoms with Crippen LogP contribution in [0.3, 0.4) is 0 Å². The minimum Gasteiger partial charge on any atom is -0.494 e. The number of para-hydroxylation sites is 1. The molecule has 1 aromatic heterocycles. The third-order valence-corrected chi connectivity index (χ3v) is 7.04. The Balaban J connectivity index is 1.65. The number of benzene rings is 2. The molecule has 0 atom stereocenters. The van der Waals surface area contributed by atoms with Crippen LogP contribution < -0.4 is 9.46 Å². The smallest absolute Gasteiger partial charge is 0.244 e. The number of rotatable bonds is 7. The van der Waals surface area contributed by atoms with E-state index in [4.69, 9.17) is 16.3 Å². The van der Waals surface area contributed by atoms with Gasteiger partial charge in [-0.3, -0.25) is 0 Å². The molecule has 3 aromatic rings. The normalized spacial score (nSPS) is 11.8. The summed E-state index contributed by atoms with van der Waals surface area (Å²) in [7, 11) is -2.32. The molecule has 0 fully saturated rings. The zero-order valence-corrected chi connectivity index (χ0v) is 17.8. The Morgan fingerprint density at radius 2 is 2.08 bits per heavy atom. The number of sulfonamides is 1. The van der Waals surface area contributed by atoms with E-state index in [0.29, 0.717) is 28.9 Å². The Labute approximate surface area is 169 Å². The Kier molecular flexibility index (Phi) is 6.19. The van der Waals surface area contributed by atoms with Gasteiger partial charge in [-0.05, 0) is 46.6 Å². The summed E-state index contributed by atoms with van der Waals surface area (Å²) < 4.78 is 34.6. The van der Waals surface area contributed by atoms with Crippen LogP contribution in [0, 0.1) is 0 Å². The molecular weight excluding hydrogens is 460 g/mol. The number of hydrogen-bond donors (Lipinski definition) is 1. The van der Waals surface area contributed by atoms with Crippen LogP contribution in [-0.2, 0) is 16.4 Å². The number of aromatic nitrogens is 1. The lowest BCUT2D eigenvalue weighted by molar-refractivity contribution is 0.399. The lowest BCUT2D eigenvalue weighted by Crippen LogP contribution is -2.25. The van der Waals surface area contributed by atoms with Crippen LogP contribution >= 0.6 is 38.9 Å². The Morgan fingerprint density at radius 3 is 2.81 bits per heavy atom. The van der Waals surface area contributed by atoms with E-state index in [9.17, 15) is 8.42 Å². The highest BCUT2D eigenvalue weighted by atomic mass is 79.9. The molecule has 0 bridgehead atoms. The van der Waals surface area contributed by atoms with Crippen molar-refractivity contribution in [2.75, 3.05) is 13.7 Å². The van der Waals surface area contributed by atoms with Gasteiger partial charge in [-0.25, -0.2) is 18.1 Å². The van der Waals surface area contributed by atoms with Crippen LogP contribution in [0.2, 0.25) is 5.02 Å². The first-order chi connectivity index (χ1) is 12.4. The lowest BCUT2D eigenvalue weighted by atomic mass is 10.3. The van der Waals surface area contributed by atoms with Gasteiger partial charge in [0.15, 0.2) is 5.75 Å². The van der Waals surface area contributed by atoms with E-state index >= 15 is 0 Å². The van der Waals surface area contributed by atoms with Crippen molar-refractivity contribution in [3.63, 3.8) is 0 Å². The van der Waals surface area contributed by atoms with Gasteiger partial charge in [0.25, 0.3) is 0 Å². The predicted molar refractivity (Wildman–Crippen MR) is 109 cm³/mol. The molecule has 1 heterocycles. The molecule has 138 valence electrons. The average molecular weight is 476 g/mol. The summed E-state index contributed by atoms with van der Waals surface area (Å²) >= 11 is 10.9. The fourth-order valence-corrected chi connectivity index (χ4v) is 5.95. The van der Waals surface area contributed by atoms with E-state index < -0.39 is 10.0 Å². The fraction of sp³-hybridized carbons (Fsp3) is 0.235. The zero-order chi connectivity index (χ0) is 18.7. The van der Waals surface area contributed by atoms with E-state index in [1.807, 2.05) is 24.3 Å². The summed E-state index contributed by atoms with van der Waals surface area (Å²) in [6.45, 7) is 0.297. The van der Waals surface area contributed by atoms with Crippen LogP contribution in [-0.4, -0.2) is 27.1 Å². The molecule has 26 heavy (non-hydrogen) atoms. The van der Waals surface area contributed by atoms with Crippen LogP contribution in [0.15, 0.2) is 45.8 Å². The molecule has 5 nitrogen and oxygen atoms in total. The SMILES string of the molecule is COc1c(Br)cc(Cl)cc1S(=O)(=O)NCCCc1nc2ccccc2s1. The fourth-order valence-electron chi connectivity index (χ4n) is 2.49. The van der Waals surface area contributed by atoms with Crippen LogP contribution in [0.25, 0.3) is 10.2 Å². The maximum absolute atomic E-state index is 12.6. The highest BCUT2D eigenvalue weighted by Gasteiger charge is 2.22. The quantitative estimate of drug-likeness (QED) is 0.506. The first-order valence-corrected chi connectivity index (χ1v) is 11.2. The Morgan fingerprint density at radius 1 is 1.31 bits per heavy atom. The molecule has 0 unspecified atom stereocenters. The van der Waals surface area contributed by atoms with Crippen molar-refractivity contribution in [2.45, 2.75) is 17.7 Å². The molecule has 3 rings (SSSR count). The first-order valence-electron chi connectivity index (χ1n) is 7.78. The van der Waals surface area contributed by atoms with Gasteiger partial charge in [0.2, 0.25) is 10.0 Å². The van der Waals surface area contributed by atoms with E-state index in [2.05, 4.69) is 25.6 Å². The predicted octanol–water partition coefficient (Wildman–Crippen LogP) is 4.63. The third kappa shape index (κ3) is 4.37. The summed E-state index contributed by atoms with van der Waals surface area (Å²) in [6.07, 6.45) is 1.35. The Hall–Kier alpha value is -1.19. The average Bonchev–Trinajstić information content (AvgIpc) is 3.01. The number of methoxy groups -OCH3 is 1.